The van der Waals surface area contributed by atoms with Crippen molar-refractivity contribution in [2.75, 3.05) is 46.4 Å². The van der Waals surface area contributed by atoms with Crippen molar-refractivity contribution in [2.24, 2.45) is 11.8 Å². The third-order valence-corrected chi connectivity index (χ3v) is 16.5. The first-order valence-electron chi connectivity index (χ1n) is 34.8. The van der Waals surface area contributed by atoms with E-state index in [0.717, 1.165) is 103 Å². The molecule has 2 N–H and O–H groups in total. The van der Waals surface area contributed by atoms with Gasteiger partial charge in [-0.15, -0.1) is 0 Å². The number of esters is 2. The molecule has 0 rings (SSSR count). The van der Waals surface area contributed by atoms with Crippen molar-refractivity contribution in [3.05, 3.63) is 0 Å². The molecule has 0 saturated heterocycles. The van der Waals surface area contributed by atoms with E-state index in [9.17, 15) is 19.2 Å². The van der Waals surface area contributed by atoms with Gasteiger partial charge in [0.25, 0.3) is 0 Å². The topological polar surface area (TPSA) is 114 Å². The molecule has 9 nitrogen and oxygen atoms in total. The average Bonchev–Trinajstić information content (AvgIpc) is 3.43. The maximum absolute atomic E-state index is 12.5. The molecule has 0 aromatic heterocycles. The molecule has 2 atom stereocenters. The van der Waals surface area contributed by atoms with Gasteiger partial charge in [0, 0.05) is 38.8 Å². The van der Waals surface area contributed by atoms with E-state index < -0.39 is 0 Å². The number of ether oxygens (including phenoxy) is 2. The molecule has 0 aromatic carbocycles. The van der Waals surface area contributed by atoms with E-state index in [1.165, 1.54) is 231 Å². The number of hydrogen-bond acceptors (Lipinski definition) is 7. The van der Waals surface area contributed by atoms with E-state index in [4.69, 9.17) is 9.47 Å². The van der Waals surface area contributed by atoms with Crippen LogP contribution in [-0.4, -0.2) is 75.1 Å². The van der Waals surface area contributed by atoms with Gasteiger partial charge in [0.15, 0.2) is 0 Å². The number of amides is 2. The summed E-state index contributed by atoms with van der Waals surface area (Å²) < 4.78 is 11.5. The molecule has 0 aliphatic rings. The highest BCUT2D eigenvalue weighted by Crippen LogP contribution is 2.22. The van der Waals surface area contributed by atoms with Crippen molar-refractivity contribution in [1.82, 2.24) is 15.5 Å². The second kappa shape index (κ2) is 62.4. The molecule has 0 aliphatic carbocycles. The lowest BCUT2D eigenvalue weighted by Gasteiger charge is -2.17. The molecule has 0 saturated carbocycles. The van der Waals surface area contributed by atoms with Gasteiger partial charge in [-0.3, -0.25) is 19.2 Å². The molecule has 0 bridgehead atoms. The molecule has 2 unspecified atom stereocenters. The monoisotopic (exact) mass is 1100 g/mol. The number of nitrogens with one attached hydrogen (secondary N) is 2. The molecule has 9 heteroatoms. The van der Waals surface area contributed by atoms with Crippen LogP contribution in [-0.2, 0) is 28.7 Å². The van der Waals surface area contributed by atoms with Crippen molar-refractivity contribution in [2.45, 2.75) is 362 Å². The van der Waals surface area contributed by atoms with Gasteiger partial charge in [0.2, 0.25) is 11.8 Å². The van der Waals surface area contributed by atoms with Gasteiger partial charge in [0.05, 0.1) is 13.2 Å². The van der Waals surface area contributed by atoms with Crippen LogP contribution in [0.3, 0.4) is 0 Å². The van der Waals surface area contributed by atoms with Crippen molar-refractivity contribution in [3.63, 3.8) is 0 Å². The minimum atomic E-state index is -0.0167. The lowest BCUT2D eigenvalue weighted by molar-refractivity contribution is -0.146. The van der Waals surface area contributed by atoms with Crippen molar-refractivity contribution < 1.29 is 28.7 Å². The fraction of sp³-hybridized carbons (Fsp3) is 0.942. The summed E-state index contributed by atoms with van der Waals surface area (Å²) >= 11 is 0. The molecule has 0 heterocycles. The van der Waals surface area contributed by atoms with E-state index in [0.29, 0.717) is 50.7 Å². The summed E-state index contributed by atoms with van der Waals surface area (Å²) in [4.78, 5) is 52.1. The van der Waals surface area contributed by atoms with Crippen LogP contribution < -0.4 is 10.6 Å². The van der Waals surface area contributed by atoms with Gasteiger partial charge in [0.1, 0.15) is 0 Å². The third-order valence-electron chi connectivity index (χ3n) is 16.5. The first kappa shape index (κ1) is 75.8. The quantitative estimate of drug-likeness (QED) is 0.0461. The molecule has 462 valence electrons. The van der Waals surface area contributed by atoms with Crippen LogP contribution in [0.1, 0.15) is 362 Å². The maximum atomic E-state index is 12.5. The molecular weight excluding hydrogens is 967 g/mol. The third kappa shape index (κ3) is 58.5. The Bertz CT molecular complexity index is 1190. The van der Waals surface area contributed by atoms with Gasteiger partial charge in [-0.05, 0) is 109 Å². The first-order chi connectivity index (χ1) is 38.2. The van der Waals surface area contributed by atoms with Crippen LogP contribution in [0, 0.1) is 11.8 Å². The molecule has 0 spiro atoms. The van der Waals surface area contributed by atoms with Crippen molar-refractivity contribution in [3.8, 4) is 0 Å². The largest absolute Gasteiger partial charge is 0.465 e. The van der Waals surface area contributed by atoms with Gasteiger partial charge in [-0.2, -0.15) is 0 Å². The van der Waals surface area contributed by atoms with Gasteiger partial charge in [-0.25, -0.2) is 0 Å². The molecule has 0 aromatic rings. The van der Waals surface area contributed by atoms with E-state index in [-0.39, 0.29) is 23.8 Å². The Morgan fingerprint density at radius 3 is 0.872 bits per heavy atom. The summed E-state index contributed by atoms with van der Waals surface area (Å²) in [6.07, 6.45) is 60.6. The number of carbonyl (C=O) groups excluding carboxylic acids is 4. The highest BCUT2D eigenvalue weighted by Gasteiger charge is 2.14. The Kier molecular flexibility index (Phi) is 60.7. The van der Waals surface area contributed by atoms with Gasteiger partial charge < -0.3 is 25.0 Å². The van der Waals surface area contributed by atoms with Crippen LogP contribution in [0.25, 0.3) is 0 Å². The SMILES string of the molecule is CCCCCCCCC(CCCCCC)COC(=O)CCCCCCCNC(=O)CCCCCCCCCN(C)CCCCCCCCCC(=O)NCCCCCCCC(=O)OCC(CCCCCC)CCCCCCCC. The van der Waals surface area contributed by atoms with Crippen LogP contribution in [0.5, 0.6) is 0 Å². The predicted octanol–water partition coefficient (Wildman–Crippen LogP) is 19.8. The summed E-state index contributed by atoms with van der Waals surface area (Å²) in [6.45, 7) is 14.2. The highest BCUT2D eigenvalue weighted by atomic mass is 16.5. The van der Waals surface area contributed by atoms with E-state index in [1.807, 2.05) is 0 Å². The van der Waals surface area contributed by atoms with E-state index >= 15 is 0 Å². The van der Waals surface area contributed by atoms with Crippen LogP contribution in [0.15, 0.2) is 0 Å². The van der Waals surface area contributed by atoms with Gasteiger partial charge in [-0.1, -0.05) is 259 Å². The average molecular weight is 1100 g/mol. The highest BCUT2D eigenvalue weighted by molar-refractivity contribution is 5.76. The molecule has 2 amide bonds. The molecule has 78 heavy (non-hydrogen) atoms. The standard InChI is InChI=1S/C69H135N3O6/c1-6-10-14-18-28-40-52-64(50-38-16-12-8-3)62-77-68(75)56-44-32-26-34-46-58-70-66(73)54-42-30-22-20-24-36-48-60-72(5)61-49-37-25-21-23-31-43-55-67(74)71-59-47-35-27-33-45-57-69(76)78-63-65(51-39-17-13-9-4)53-41-29-19-15-11-7-2/h64-65H,6-63H2,1-5H3,(H,70,73)(H,71,74). The minimum Gasteiger partial charge on any atom is -0.465 e. The zero-order valence-corrected chi connectivity index (χ0v) is 53.1. The van der Waals surface area contributed by atoms with E-state index in [2.05, 4.69) is 50.3 Å². The fourth-order valence-corrected chi connectivity index (χ4v) is 11.0. The minimum absolute atomic E-state index is 0.0167. The van der Waals surface area contributed by atoms with Crippen molar-refractivity contribution in [1.29, 1.82) is 0 Å². The summed E-state index contributed by atoms with van der Waals surface area (Å²) in [5, 5.41) is 6.24. The smallest absolute Gasteiger partial charge is 0.305 e. The van der Waals surface area contributed by atoms with Crippen LogP contribution in [0.2, 0.25) is 0 Å². The number of hydrogen-bond donors (Lipinski definition) is 2. The second-order valence-electron chi connectivity index (χ2n) is 24.4. The Balaban J connectivity index is 3.62. The molecule has 0 aliphatic heterocycles. The lowest BCUT2D eigenvalue weighted by atomic mass is 9.95. The maximum Gasteiger partial charge on any atom is 0.305 e. The van der Waals surface area contributed by atoms with E-state index in [1.54, 1.807) is 0 Å². The summed E-state index contributed by atoms with van der Waals surface area (Å²) in [7, 11) is 2.27. The summed E-state index contributed by atoms with van der Waals surface area (Å²) in [5.41, 5.74) is 0. The first-order valence-corrected chi connectivity index (χ1v) is 34.8. The normalized spacial score (nSPS) is 12.3. The van der Waals surface area contributed by atoms with Gasteiger partial charge >= 0.3 is 11.9 Å². The summed E-state index contributed by atoms with van der Waals surface area (Å²) in [6, 6.07) is 0. The Hall–Kier alpha value is -2.16. The molecule has 0 radical (unpaired) electrons. The zero-order valence-electron chi connectivity index (χ0n) is 53.1. The molecule has 0 fully saturated rings. The number of nitrogens with zero attached hydrogens (tertiary/aromatic N) is 1. The zero-order chi connectivity index (χ0) is 56.9. The fourth-order valence-electron chi connectivity index (χ4n) is 11.0. The van der Waals surface area contributed by atoms with Crippen molar-refractivity contribution >= 4 is 23.8 Å². The Labute approximate surface area is 485 Å². The van der Waals surface area contributed by atoms with Crippen LogP contribution >= 0.6 is 0 Å². The summed E-state index contributed by atoms with van der Waals surface area (Å²) in [5.74, 6) is 1.42. The predicted molar refractivity (Wildman–Crippen MR) is 335 cm³/mol. The molecular formula is C69H135N3O6. The lowest BCUT2D eigenvalue weighted by Crippen LogP contribution is -2.23. The number of unbranched alkanes of at least 4 members (excludes halogenated alkanes) is 36. The second-order valence-corrected chi connectivity index (χ2v) is 24.4. The Morgan fingerprint density at radius 1 is 0.308 bits per heavy atom. The van der Waals surface area contributed by atoms with Crippen LogP contribution in [0.4, 0.5) is 0 Å². The number of rotatable bonds is 64. The Morgan fingerprint density at radius 2 is 0.551 bits per heavy atom. The number of carbonyl (C=O) groups is 4.